The summed E-state index contributed by atoms with van der Waals surface area (Å²) in [4.78, 5) is 4.77. The second kappa shape index (κ2) is 8.19. The highest BCUT2D eigenvalue weighted by atomic mass is 19.1. The Morgan fingerprint density at radius 1 is 1.11 bits per heavy atom. The molecular weight excluding hydrogens is 355 g/mol. The van der Waals surface area contributed by atoms with E-state index >= 15 is 0 Å². The fourth-order valence-electron chi connectivity index (χ4n) is 4.73. The molecule has 2 heterocycles. The van der Waals surface area contributed by atoms with Gasteiger partial charge in [0.1, 0.15) is 5.60 Å². The maximum absolute atomic E-state index is 14.1. The van der Waals surface area contributed by atoms with Crippen LogP contribution < -0.4 is 4.74 Å². The minimum Gasteiger partial charge on any atom is -0.494 e. The molecule has 0 amide bonds. The van der Waals surface area contributed by atoms with Crippen molar-refractivity contribution in [2.45, 2.75) is 37.5 Å². The first-order valence-electron chi connectivity index (χ1n) is 10.2. The Kier molecular flexibility index (Phi) is 5.67. The van der Waals surface area contributed by atoms with Gasteiger partial charge in [-0.05, 0) is 55.6 Å². The quantitative estimate of drug-likeness (QED) is 0.857. The number of aliphatic hydroxyl groups is 1. The van der Waals surface area contributed by atoms with E-state index in [1.54, 1.807) is 12.1 Å². The highest BCUT2D eigenvalue weighted by molar-refractivity contribution is 5.30. The molecular formula is C23H29FN2O2. The predicted octanol–water partition coefficient (Wildman–Crippen LogP) is 3.39. The van der Waals surface area contributed by atoms with Gasteiger partial charge in [0.25, 0.3) is 0 Å². The molecule has 0 bridgehead atoms. The molecule has 5 heteroatoms. The van der Waals surface area contributed by atoms with Crippen molar-refractivity contribution in [3.05, 3.63) is 65.5 Å². The summed E-state index contributed by atoms with van der Waals surface area (Å²) in [5.74, 6) is -0.0512. The van der Waals surface area contributed by atoms with E-state index in [-0.39, 0.29) is 17.6 Å². The van der Waals surface area contributed by atoms with E-state index < -0.39 is 5.60 Å². The largest absolute Gasteiger partial charge is 0.494 e. The summed E-state index contributed by atoms with van der Waals surface area (Å²) in [5.41, 5.74) is 1.10. The first-order valence-corrected chi connectivity index (χ1v) is 10.2. The number of methoxy groups -OCH3 is 1. The van der Waals surface area contributed by atoms with Crippen molar-refractivity contribution in [3.63, 3.8) is 0 Å². The minimum absolute atomic E-state index is 0.0502. The number of nitrogens with zero attached hydrogens (tertiary/aromatic N) is 2. The van der Waals surface area contributed by atoms with Gasteiger partial charge in [-0.1, -0.05) is 36.4 Å². The molecule has 28 heavy (non-hydrogen) atoms. The van der Waals surface area contributed by atoms with Gasteiger partial charge in [-0.3, -0.25) is 9.80 Å². The highest BCUT2D eigenvalue weighted by Gasteiger charge is 2.46. The first-order chi connectivity index (χ1) is 13.6. The van der Waals surface area contributed by atoms with Crippen molar-refractivity contribution >= 4 is 0 Å². The minimum atomic E-state index is -0.840. The lowest BCUT2D eigenvalue weighted by molar-refractivity contribution is -0.0959. The van der Waals surface area contributed by atoms with Crippen LogP contribution in [0.4, 0.5) is 4.39 Å². The van der Waals surface area contributed by atoms with Crippen LogP contribution in [-0.2, 0) is 12.1 Å². The van der Waals surface area contributed by atoms with Crippen LogP contribution in [0.1, 0.15) is 30.4 Å². The zero-order valence-corrected chi connectivity index (χ0v) is 16.5. The fraction of sp³-hybridized carbons (Fsp3) is 0.478. The molecule has 0 unspecified atom stereocenters. The normalized spacial score (nSPS) is 26.5. The third-order valence-corrected chi connectivity index (χ3v) is 6.27. The van der Waals surface area contributed by atoms with Crippen LogP contribution in [-0.4, -0.2) is 54.2 Å². The van der Waals surface area contributed by atoms with Crippen molar-refractivity contribution < 1.29 is 14.2 Å². The summed E-state index contributed by atoms with van der Waals surface area (Å²) in [6.45, 7) is 4.30. The van der Waals surface area contributed by atoms with Crippen molar-refractivity contribution in [1.29, 1.82) is 0 Å². The number of ether oxygens (including phenoxy) is 1. The molecule has 2 fully saturated rings. The Labute approximate surface area is 166 Å². The van der Waals surface area contributed by atoms with E-state index in [9.17, 15) is 9.50 Å². The van der Waals surface area contributed by atoms with E-state index in [1.807, 2.05) is 36.4 Å². The molecule has 2 atom stereocenters. The summed E-state index contributed by atoms with van der Waals surface area (Å²) in [7, 11) is 1.48. The molecule has 0 aromatic heterocycles. The van der Waals surface area contributed by atoms with Crippen molar-refractivity contribution in [2.75, 3.05) is 33.3 Å². The van der Waals surface area contributed by atoms with Crippen LogP contribution in [0.3, 0.4) is 0 Å². The molecule has 4 rings (SSSR count). The first kappa shape index (κ1) is 19.4. The molecule has 0 spiro atoms. The SMILES string of the molecule is COc1ccc(CN2CC[C@](O)(c3ccccc3)[C@H](N3CCCC3)C2)cc1F. The molecule has 2 saturated heterocycles. The van der Waals surface area contributed by atoms with E-state index in [1.165, 1.54) is 20.0 Å². The molecule has 1 N–H and O–H groups in total. The van der Waals surface area contributed by atoms with Crippen LogP contribution in [0.2, 0.25) is 0 Å². The number of hydrogen-bond acceptors (Lipinski definition) is 4. The van der Waals surface area contributed by atoms with Crippen molar-refractivity contribution in [3.8, 4) is 5.75 Å². The Morgan fingerprint density at radius 2 is 1.86 bits per heavy atom. The molecule has 150 valence electrons. The van der Waals surface area contributed by atoms with Crippen LogP contribution in [0.15, 0.2) is 48.5 Å². The average molecular weight is 384 g/mol. The van der Waals surface area contributed by atoms with Gasteiger partial charge < -0.3 is 9.84 Å². The number of hydrogen-bond donors (Lipinski definition) is 1. The van der Waals surface area contributed by atoms with Gasteiger partial charge in [0.2, 0.25) is 0 Å². The van der Waals surface area contributed by atoms with Crippen molar-refractivity contribution in [2.24, 2.45) is 0 Å². The molecule has 2 aromatic carbocycles. The maximum Gasteiger partial charge on any atom is 0.165 e. The third-order valence-electron chi connectivity index (χ3n) is 6.27. The molecule has 0 saturated carbocycles. The number of likely N-dealkylation sites (tertiary alicyclic amines) is 2. The van der Waals surface area contributed by atoms with E-state index in [0.717, 1.165) is 37.3 Å². The number of piperidine rings is 1. The lowest BCUT2D eigenvalue weighted by atomic mass is 9.79. The zero-order chi connectivity index (χ0) is 19.6. The average Bonchev–Trinajstić information content (AvgIpc) is 3.25. The highest BCUT2D eigenvalue weighted by Crippen LogP contribution is 2.37. The topological polar surface area (TPSA) is 35.9 Å². The van der Waals surface area contributed by atoms with Crippen LogP contribution >= 0.6 is 0 Å². The molecule has 2 aliphatic rings. The van der Waals surface area contributed by atoms with E-state index in [4.69, 9.17) is 4.74 Å². The monoisotopic (exact) mass is 384 g/mol. The van der Waals surface area contributed by atoms with Gasteiger partial charge in [-0.25, -0.2) is 4.39 Å². The summed E-state index contributed by atoms with van der Waals surface area (Å²) >= 11 is 0. The standard InChI is InChI=1S/C23H29FN2O2/c1-28-21-10-9-18(15-20(21)24)16-25-14-11-23(27,19-7-3-2-4-8-19)22(17-25)26-12-5-6-13-26/h2-4,7-10,15,22,27H,5-6,11-14,16-17H2,1H3/t22-,23+/m1/s1. The number of benzene rings is 2. The van der Waals surface area contributed by atoms with Gasteiger partial charge in [0, 0.05) is 19.6 Å². The van der Waals surface area contributed by atoms with E-state index in [0.29, 0.717) is 13.0 Å². The fourth-order valence-corrected chi connectivity index (χ4v) is 4.73. The number of rotatable bonds is 5. The van der Waals surface area contributed by atoms with Gasteiger partial charge in [-0.2, -0.15) is 0 Å². The smallest absolute Gasteiger partial charge is 0.165 e. The lowest BCUT2D eigenvalue weighted by Crippen LogP contribution is -2.60. The zero-order valence-electron chi connectivity index (χ0n) is 16.5. The maximum atomic E-state index is 14.1. The summed E-state index contributed by atoms with van der Waals surface area (Å²) in [5, 5.41) is 11.7. The van der Waals surface area contributed by atoms with E-state index in [2.05, 4.69) is 9.80 Å². The molecule has 0 aliphatic carbocycles. The molecule has 2 aliphatic heterocycles. The van der Waals surface area contributed by atoms with Gasteiger partial charge in [-0.15, -0.1) is 0 Å². The third kappa shape index (κ3) is 3.79. The summed E-state index contributed by atoms with van der Waals surface area (Å²) in [6.07, 6.45) is 3.05. The Hall–Kier alpha value is -1.95. The molecule has 0 radical (unpaired) electrons. The van der Waals surface area contributed by atoms with Crippen LogP contribution in [0.25, 0.3) is 0 Å². The number of halogens is 1. The second-order valence-corrected chi connectivity index (χ2v) is 8.00. The van der Waals surface area contributed by atoms with Gasteiger partial charge >= 0.3 is 0 Å². The summed E-state index contributed by atoms with van der Waals surface area (Å²) < 4.78 is 19.1. The predicted molar refractivity (Wildman–Crippen MR) is 108 cm³/mol. The Morgan fingerprint density at radius 3 is 2.54 bits per heavy atom. The van der Waals surface area contributed by atoms with Crippen LogP contribution in [0, 0.1) is 5.82 Å². The lowest BCUT2D eigenvalue weighted by Gasteiger charge is -2.48. The van der Waals surface area contributed by atoms with Crippen LogP contribution in [0.5, 0.6) is 5.75 Å². The molecule has 2 aromatic rings. The second-order valence-electron chi connectivity index (χ2n) is 8.00. The summed E-state index contributed by atoms with van der Waals surface area (Å²) in [6, 6.07) is 15.3. The Bertz CT molecular complexity index is 794. The molecule has 4 nitrogen and oxygen atoms in total. The van der Waals surface area contributed by atoms with Gasteiger partial charge in [0.05, 0.1) is 13.2 Å². The van der Waals surface area contributed by atoms with Crippen molar-refractivity contribution in [1.82, 2.24) is 9.80 Å². The van der Waals surface area contributed by atoms with Gasteiger partial charge in [0.15, 0.2) is 11.6 Å². The Balaban J connectivity index is 1.54.